The van der Waals surface area contributed by atoms with Crippen LogP contribution in [0.4, 0.5) is 10.5 Å². The molecule has 0 aliphatic carbocycles. The molecule has 2 saturated heterocycles. The number of carbonyl (C=O) groups excluding carboxylic acids is 2. The Morgan fingerprint density at radius 2 is 1.88 bits per heavy atom. The highest BCUT2D eigenvalue weighted by atomic mass is 32.2. The summed E-state index contributed by atoms with van der Waals surface area (Å²) in [7, 11) is 1.61. The molecule has 0 atom stereocenters. The van der Waals surface area contributed by atoms with Crippen molar-refractivity contribution in [3.8, 4) is 0 Å². The van der Waals surface area contributed by atoms with Gasteiger partial charge < -0.3 is 9.64 Å². The fraction of sp³-hybridized carbons (Fsp3) is 0.444. The highest BCUT2D eigenvalue weighted by molar-refractivity contribution is 8.18. The molecule has 1 aromatic rings. The molecule has 2 fully saturated rings. The molecule has 24 heavy (non-hydrogen) atoms. The minimum Gasteiger partial charge on any atom is -0.385 e. The summed E-state index contributed by atoms with van der Waals surface area (Å²) in [6.45, 7) is 3.17. The summed E-state index contributed by atoms with van der Waals surface area (Å²) in [5, 5.41) is -0.198. The Hall–Kier alpha value is -1.79. The predicted octanol–water partition coefficient (Wildman–Crippen LogP) is 3.36. The SMILES string of the molecule is COCCCN1C(=O)S/C(=C/c2ccc(N3CCCC3)cc2)C1=O. The van der Waals surface area contributed by atoms with E-state index in [2.05, 4.69) is 17.0 Å². The lowest BCUT2D eigenvalue weighted by atomic mass is 10.2. The number of benzene rings is 1. The lowest BCUT2D eigenvalue weighted by Crippen LogP contribution is -2.29. The van der Waals surface area contributed by atoms with Gasteiger partial charge in [0.1, 0.15) is 0 Å². The molecule has 0 unspecified atom stereocenters. The van der Waals surface area contributed by atoms with Crippen LogP contribution in [0.5, 0.6) is 0 Å². The Labute approximate surface area is 146 Å². The molecule has 2 aliphatic heterocycles. The van der Waals surface area contributed by atoms with E-state index in [0.717, 1.165) is 30.4 Å². The van der Waals surface area contributed by atoms with Crippen molar-refractivity contribution < 1.29 is 14.3 Å². The van der Waals surface area contributed by atoms with Crippen LogP contribution in [-0.4, -0.2) is 49.4 Å². The smallest absolute Gasteiger partial charge is 0.293 e. The predicted molar refractivity (Wildman–Crippen MR) is 97.1 cm³/mol. The van der Waals surface area contributed by atoms with E-state index >= 15 is 0 Å². The zero-order chi connectivity index (χ0) is 16.9. The molecule has 2 aliphatic rings. The number of hydrogen-bond donors (Lipinski definition) is 0. The van der Waals surface area contributed by atoms with Crippen LogP contribution < -0.4 is 4.90 Å². The van der Waals surface area contributed by atoms with E-state index in [0.29, 0.717) is 24.5 Å². The zero-order valence-electron chi connectivity index (χ0n) is 13.9. The molecule has 3 rings (SSSR count). The van der Waals surface area contributed by atoms with Crippen molar-refractivity contribution >= 4 is 34.7 Å². The quantitative estimate of drug-likeness (QED) is 0.584. The van der Waals surface area contributed by atoms with Crippen LogP contribution in [0.25, 0.3) is 6.08 Å². The van der Waals surface area contributed by atoms with Crippen LogP contribution in [-0.2, 0) is 9.53 Å². The lowest BCUT2D eigenvalue weighted by molar-refractivity contribution is -0.122. The van der Waals surface area contributed by atoms with Crippen LogP contribution in [0.1, 0.15) is 24.8 Å². The second-order valence-electron chi connectivity index (χ2n) is 5.97. The maximum Gasteiger partial charge on any atom is 0.293 e. The Morgan fingerprint density at radius 3 is 2.54 bits per heavy atom. The molecular formula is C18H22N2O3S. The molecule has 0 spiro atoms. The number of ether oxygens (including phenoxy) is 1. The van der Waals surface area contributed by atoms with Gasteiger partial charge in [-0.2, -0.15) is 0 Å². The zero-order valence-corrected chi connectivity index (χ0v) is 14.7. The Bertz CT molecular complexity index is 636. The first-order valence-electron chi connectivity index (χ1n) is 8.28. The van der Waals surface area contributed by atoms with E-state index in [1.165, 1.54) is 23.4 Å². The number of nitrogens with zero attached hydrogens (tertiary/aromatic N) is 2. The largest absolute Gasteiger partial charge is 0.385 e. The van der Waals surface area contributed by atoms with Gasteiger partial charge in [-0.1, -0.05) is 12.1 Å². The van der Waals surface area contributed by atoms with E-state index in [1.807, 2.05) is 12.1 Å². The van der Waals surface area contributed by atoms with Gasteiger partial charge in [0.2, 0.25) is 0 Å². The third-order valence-corrected chi connectivity index (χ3v) is 5.17. The number of imide groups is 1. The standard InChI is InChI=1S/C18H22N2O3S/c1-23-12-4-11-20-17(21)16(24-18(20)22)13-14-5-7-15(8-6-14)19-9-2-3-10-19/h5-8,13H,2-4,9-12H2,1H3/b16-13+. The van der Waals surface area contributed by atoms with Crippen molar-refractivity contribution in [1.82, 2.24) is 4.90 Å². The summed E-state index contributed by atoms with van der Waals surface area (Å²) in [6, 6.07) is 8.18. The second kappa shape index (κ2) is 7.85. The van der Waals surface area contributed by atoms with Crippen molar-refractivity contribution in [2.45, 2.75) is 19.3 Å². The molecule has 2 amide bonds. The van der Waals surface area contributed by atoms with Crippen molar-refractivity contribution in [3.63, 3.8) is 0 Å². The van der Waals surface area contributed by atoms with Gasteiger partial charge >= 0.3 is 0 Å². The molecule has 0 aromatic heterocycles. The fourth-order valence-electron chi connectivity index (χ4n) is 2.97. The van der Waals surface area contributed by atoms with Gasteiger partial charge in [0, 0.05) is 39.0 Å². The van der Waals surface area contributed by atoms with Crippen molar-refractivity contribution in [2.75, 3.05) is 38.3 Å². The van der Waals surface area contributed by atoms with Crippen molar-refractivity contribution in [1.29, 1.82) is 0 Å². The number of methoxy groups -OCH3 is 1. The Balaban J connectivity index is 1.67. The average Bonchev–Trinajstić information content (AvgIpc) is 3.20. The minimum absolute atomic E-state index is 0.198. The molecule has 6 heteroatoms. The van der Waals surface area contributed by atoms with Gasteiger partial charge in [-0.25, -0.2) is 0 Å². The van der Waals surface area contributed by atoms with Gasteiger partial charge in [0.15, 0.2) is 0 Å². The topological polar surface area (TPSA) is 49.9 Å². The normalized spacial score (nSPS) is 19.8. The van der Waals surface area contributed by atoms with E-state index in [1.54, 1.807) is 13.2 Å². The minimum atomic E-state index is -0.204. The molecule has 0 saturated carbocycles. The third-order valence-electron chi connectivity index (χ3n) is 4.27. The van der Waals surface area contributed by atoms with Crippen LogP contribution in [0.2, 0.25) is 0 Å². The second-order valence-corrected chi connectivity index (χ2v) is 6.96. The average molecular weight is 346 g/mol. The van der Waals surface area contributed by atoms with Crippen molar-refractivity contribution in [3.05, 3.63) is 34.7 Å². The van der Waals surface area contributed by atoms with E-state index < -0.39 is 0 Å². The molecule has 128 valence electrons. The van der Waals surface area contributed by atoms with E-state index in [-0.39, 0.29) is 11.1 Å². The molecule has 0 bridgehead atoms. The molecule has 0 N–H and O–H groups in total. The number of hydrogen-bond acceptors (Lipinski definition) is 5. The lowest BCUT2D eigenvalue weighted by Gasteiger charge is -2.17. The van der Waals surface area contributed by atoms with Gasteiger partial charge in [-0.3, -0.25) is 14.5 Å². The number of carbonyl (C=O) groups is 2. The first-order chi connectivity index (χ1) is 11.7. The molecule has 1 aromatic carbocycles. The summed E-state index contributed by atoms with van der Waals surface area (Å²) >= 11 is 1.01. The first kappa shape index (κ1) is 17.0. The van der Waals surface area contributed by atoms with Gasteiger partial charge in [-0.05, 0) is 54.8 Å². The van der Waals surface area contributed by atoms with Gasteiger partial charge in [0.25, 0.3) is 11.1 Å². The number of thioether (sulfide) groups is 1. The highest BCUT2D eigenvalue weighted by Gasteiger charge is 2.34. The molecular weight excluding hydrogens is 324 g/mol. The number of amides is 2. The van der Waals surface area contributed by atoms with Gasteiger partial charge in [0.05, 0.1) is 4.91 Å². The number of rotatable bonds is 6. The fourth-order valence-corrected chi connectivity index (χ4v) is 3.83. The van der Waals surface area contributed by atoms with Crippen LogP contribution in [0.3, 0.4) is 0 Å². The maximum absolute atomic E-state index is 12.4. The van der Waals surface area contributed by atoms with Crippen LogP contribution >= 0.6 is 11.8 Å². The maximum atomic E-state index is 12.4. The highest BCUT2D eigenvalue weighted by Crippen LogP contribution is 2.32. The monoisotopic (exact) mass is 346 g/mol. The van der Waals surface area contributed by atoms with Crippen LogP contribution in [0.15, 0.2) is 29.2 Å². The molecule has 0 radical (unpaired) electrons. The summed E-state index contributed by atoms with van der Waals surface area (Å²) in [4.78, 5) is 28.5. The van der Waals surface area contributed by atoms with E-state index in [9.17, 15) is 9.59 Å². The summed E-state index contributed by atoms with van der Waals surface area (Å²) in [5.74, 6) is -0.204. The Morgan fingerprint density at radius 1 is 1.17 bits per heavy atom. The molecule has 2 heterocycles. The summed E-state index contributed by atoms with van der Waals surface area (Å²) in [5.41, 5.74) is 2.16. The Kier molecular flexibility index (Phi) is 5.58. The summed E-state index contributed by atoms with van der Waals surface area (Å²) in [6.07, 6.45) is 4.96. The van der Waals surface area contributed by atoms with Crippen LogP contribution in [0, 0.1) is 0 Å². The van der Waals surface area contributed by atoms with Gasteiger partial charge in [-0.15, -0.1) is 0 Å². The molecule has 5 nitrogen and oxygen atoms in total. The summed E-state index contributed by atoms with van der Waals surface area (Å²) < 4.78 is 4.97. The van der Waals surface area contributed by atoms with E-state index in [4.69, 9.17) is 4.74 Å². The third kappa shape index (κ3) is 3.82. The first-order valence-corrected chi connectivity index (χ1v) is 9.10. The van der Waals surface area contributed by atoms with Crippen molar-refractivity contribution in [2.24, 2.45) is 0 Å². The number of anilines is 1.